The fraction of sp³-hybridized carbons (Fsp3) is 0.526. The van der Waals surface area contributed by atoms with Gasteiger partial charge in [-0.1, -0.05) is 0 Å². The van der Waals surface area contributed by atoms with Gasteiger partial charge in [-0.15, -0.1) is 11.3 Å². The zero-order valence-electron chi connectivity index (χ0n) is 14.1. The number of hydrogen-bond donors (Lipinski definition) is 0. The maximum absolute atomic E-state index is 13.3. The van der Waals surface area contributed by atoms with E-state index in [2.05, 4.69) is 9.88 Å². The number of thiazole rings is 1. The summed E-state index contributed by atoms with van der Waals surface area (Å²) in [4.78, 5) is 34.8. The highest BCUT2D eigenvalue weighted by Crippen LogP contribution is 2.42. The van der Waals surface area contributed by atoms with E-state index in [1.807, 2.05) is 23.1 Å². The van der Waals surface area contributed by atoms with Crippen LogP contribution in [-0.2, 0) is 4.79 Å². The Hall–Kier alpha value is -1.95. The zero-order valence-corrected chi connectivity index (χ0v) is 14.9. The van der Waals surface area contributed by atoms with Crippen LogP contribution in [0.25, 0.3) is 10.2 Å². The van der Waals surface area contributed by atoms with E-state index in [1.54, 1.807) is 16.8 Å². The minimum atomic E-state index is -0.597. The second-order valence-corrected chi connectivity index (χ2v) is 8.35. The van der Waals surface area contributed by atoms with Crippen LogP contribution in [0.5, 0.6) is 0 Å². The molecular weight excluding hydrogens is 334 g/mol. The number of piperidine rings is 1. The fourth-order valence-corrected chi connectivity index (χ4v) is 5.27. The second-order valence-electron chi connectivity index (χ2n) is 7.46. The summed E-state index contributed by atoms with van der Waals surface area (Å²) in [6.45, 7) is 1.55. The fourth-order valence-electron chi connectivity index (χ4n) is 4.55. The molecule has 1 saturated carbocycles. The molecule has 6 heteroatoms. The third kappa shape index (κ3) is 2.30. The van der Waals surface area contributed by atoms with Gasteiger partial charge in [0.15, 0.2) is 0 Å². The van der Waals surface area contributed by atoms with Crippen molar-refractivity contribution in [2.24, 2.45) is 0 Å². The van der Waals surface area contributed by atoms with Crippen LogP contribution in [0.2, 0.25) is 0 Å². The molecule has 0 N–H and O–H groups in total. The van der Waals surface area contributed by atoms with Gasteiger partial charge in [0.2, 0.25) is 5.91 Å². The second kappa shape index (κ2) is 5.53. The van der Waals surface area contributed by atoms with Gasteiger partial charge in [-0.2, -0.15) is 0 Å². The lowest BCUT2D eigenvalue weighted by Crippen LogP contribution is -2.61. The smallest absolute Gasteiger partial charge is 0.254 e. The first-order valence-corrected chi connectivity index (χ1v) is 10.0. The van der Waals surface area contributed by atoms with Crippen molar-refractivity contribution in [3.8, 4) is 0 Å². The van der Waals surface area contributed by atoms with E-state index >= 15 is 0 Å². The number of aromatic nitrogens is 1. The summed E-state index contributed by atoms with van der Waals surface area (Å²) >= 11 is 1.54. The van der Waals surface area contributed by atoms with Crippen molar-refractivity contribution < 1.29 is 9.59 Å². The van der Waals surface area contributed by atoms with Crippen LogP contribution >= 0.6 is 11.3 Å². The third-order valence-electron chi connectivity index (χ3n) is 5.95. The van der Waals surface area contributed by atoms with Crippen molar-refractivity contribution in [2.75, 3.05) is 13.1 Å². The first-order valence-electron chi connectivity index (χ1n) is 9.15. The molecule has 3 aliphatic rings. The molecular formula is C19H21N3O2S. The van der Waals surface area contributed by atoms with Gasteiger partial charge >= 0.3 is 0 Å². The predicted molar refractivity (Wildman–Crippen MR) is 96.6 cm³/mol. The van der Waals surface area contributed by atoms with Crippen molar-refractivity contribution in [3.05, 3.63) is 29.3 Å². The molecule has 1 unspecified atom stereocenters. The molecule has 1 atom stereocenters. The number of carbonyl (C=O) groups excluding carboxylic acids is 2. The van der Waals surface area contributed by atoms with Crippen LogP contribution in [-0.4, -0.2) is 51.3 Å². The minimum Gasteiger partial charge on any atom is -0.338 e. The van der Waals surface area contributed by atoms with Gasteiger partial charge in [0.05, 0.1) is 15.7 Å². The number of rotatable bonds is 2. The van der Waals surface area contributed by atoms with E-state index in [9.17, 15) is 9.59 Å². The summed E-state index contributed by atoms with van der Waals surface area (Å²) < 4.78 is 1.02. The molecule has 2 aliphatic heterocycles. The van der Waals surface area contributed by atoms with Crippen LogP contribution in [0.1, 0.15) is 48.9 Å². The van der Waals surface area contributed by atoms with Crippen molar-refractivity contribution in [1.29, 1.82) is 0 Å². The average Bonchev–Trinajstić information content (AvgIpc) is 3.21. The Morgan fingerprint density at radius 1 is 1.20 bits per heavy atom. The standard InChI is InChI=1S/C19H21N3O2S/c23-17(13-3-6-15-16(11-13)25-12-20-15)22-10-2-8-19(22)7-1-9-21(18(19)24)14-4-5-14/h3,6,11-12,14H,1-2,4-5,7-10H2. The highest BCUT2D eigenvalue weighted by molar-refractivity contribution is 7.16. The van der Waals surface area contributed by atoms with Crippen molar-refractivity contribution in [3.63, 3.8) is 0 Å². The summed E-state index contributed by atoms with van der Waals surface area (Å²) in [7, 11) is 0. The van der Waals surface area contributed by atoms with Crippen molar-refractivity contribution >= 4 is 33.4 Å². The monoisotopic (exact) mass is 355 g/mol. The molecule has 2 saturated heterocycles. The van der Waals surface area contributed by atoms with Crippen LogP contribution in [0.15, 0.2) is 23.7 Å². The number of hydrogen-bond acceptors (Lipinski definition) is 4. The van der Waals surface area contributed by atoms with E-state index in [-0.39, 0.29) is 11.8 Å². The highest BCUT2D eigenvalue weighted by Gasteiger charge is 2.54. The SMILES string of the molecule is O=C(c1ccc2ncsc2c1)N1CCCC12CCCN(C1CC1)C2=O. The molecule has 25 heavy (non-hydrogen) atoms. The number of nitrogens with zero attached hydrogens (tertiary/aromatic N) is 3. The van der Waals surface area contributed by atoms with Crippen molar-refractivity contribution in [2.45, 2.75) is 50.1 Å². The molecule has 0 bridgehead atoms. The first kappa shape index (κ1) is 15.3. The molecule has 130 valence electrons. The summed E-state index contributed by atoms with van der Waals surface area (Å²) in [5.74, 6) is 0.199. The number of carbonyl (C=O) groups is 2. The number of fused-ring (bicyclic) bond motifs is 1. The quantitative estimate of drug-likeness (QED) is 0.832. The average molecular weight is 355 g/mol. The molecule has 5 rings (SSSR count). The van der Waals surface area contributed by atoms with Crippen LogP contribution in [0.4, 0.5) is 0 Å². The van der Waals surface area contributed by atoms with Gasteiger partial charge in [0.1, 0.15) is 5.54 Å². The Labute approximate surface area is 150 Å². The Morgan fingerprint density at radius 2 is 2.00 bits per heavy atom. The van der Waals surface area contributed by atoms with Gasteiger partial charge in [0, 0.05) is 24.7 Å². The van der Waals surface area contributed by atoms with E-state index in [4.69, 9.17) is 0 Å². The lowest BCUT2D eigenvalue weighted by molar-refractivity contribution is -0.146. The maximum atomic E-state index is 13.3. The van der Waals surface area contributed by atoms with Crippen LogP contribution in [0.3, 0.4) is 0 Å². The molecule has 3 heterocycles. The normalized spacial score (nSPS) is 26.8. The number of amides is 2. The predicted octanol–water partition coefficient (Wildman–Crippen LogP) is 3.06. The molecule has 1 spiro atoms. The van der Waals surface area contributed by atoms with Crippen LogP contribution in [0, 0.1) is 0 Å². The summed E-state index contributed by atoms with van der Waals surface area (Å²) in [5, 5.41) is 0. The topological polar surface area (TPSA) is 53.5 Å². The largest absolute Gasteiger partial charge is 0.338 e. The molecule has 1 aliphatic carbocycles. The molecule has 2 aromatic rings. The van der Waals surface area contributed by atoms with Crippen molar-refractivity contribution in [1.82, 2.24) is 14.8 Å². The van der Waals surface area contributed by atoms with Gasteiger partial charge in [-0.3, -0.25) is 9.59 Å². The highest BCUT2D eigenvalue weighted by atomic mass is 32.1. The Balaban J connectivity index is 1.49. The lowest BCUT2D eigenvalue weighted by atomic mass is 9.85. The number of likely N-dealkylation sites (tertiary alicyclic amines) is 2. The summed E-state index contributed by atoms with van der Waals surface area (Å²) in [6, 6.07) is 6.10. The van der Waals surface area contributed by atoms with E-state index in [0.29, 0.717) is 18.2 Å². The van der Waals surface area contributed by atoms with Crippen LogP contribution < -0.4 is 0 Å². The Morgan fingerprint density at radius 3 is 2.80 bits per heavy atom. The molecule has 3 fully saturated rings. The Bertz CT molecular complexity index is 859. The minimum absolute atomic E-state index is 0.00111. The lowest BCUT2D eigenvalue weighted by Gasteiger charge is -2.44. The van der Waals surface area contributed by atoms with E-state index in [0.717, 1.165) is 55.3 Å². The Kier molecular flexibility index (Phi) is 3.39. The molecule has 1 aromatic carbocycles. The zero-order chi connectivity index (χ0) is 17.0. The molecule has 1 aromatic heterocycles. The first-order chi connectivity index (χ1) is 12.2. The van der Waals surface area contributed by atoms with Gasteiger partial charge < -0.3 is 9.80 Å². The van der Waals surface area contributed by atoms with E-state index in [1.165, 1.54) is 0 Å². The molecule has 0 radical (unpaired) electrons. The van der Waals surface area contributed by atoms with E-state index < -0.39 is 5.54 Å². The molecule has 5 nitrogen and oxygen atoms in total. The summed E-state index contributed by atoms with van der Waals surface area (Å²) in [6.07, 6.45) is 5.78. The number of benzene rings is 1. The van der Waals surface area contributed by atoms with Gasteiger partial charge in [0.25, 0.3) is 5.91 Å². The third-order valence-corrected chi connectivity index (χ3v) is 6.74. The van der Waals surface area contributed by atoms with Gasteiger partial charge in [-0.05, 0) is 56.7 Å². The maximum Gasteiger partial charge on any atom is 0.254 e. The van der Waals surface area contributed by atoms with Gasteiger partial charge in [-0.25, -0.2) is 4.98 Å². The summed E-state index contributed by atoms with van der Waals surface area (Å²) in [5.41, 5.74) is 2.80. The molecule has 2 amide bonds.